The minimum absolute atomic E-state index is 0.195. The van der Waals surface area contributed by atoms with E-state index in [9.17, 15) is 8.78 Å². The van der Waals surface area contributed by atoms with E-state index in [1.165, 1.54) is 36.2 Å². The molecule has 2 aromatic rings. The molecule has 2 rings (SSSR count). The van der Waals surface area contributed by atoms with Crippen LogP contribution in [0.25, 0.3) is 0 Å². The van der Waals surface area contributed by atoms with Crippen LogP contribution in [-0.2, 0) is 7.05 Å². The van der Waals surface area contributed by atoms with E-state index < -0.39 is 17.7 Å². The Balaban J connectivity index is 2.54. The SMILES string of the molecule is COc1cnn(C)c1C(N)c1c(F)cccc1F. The van der Waals surface area contributed by atoms with Gasteiger partial charge in [0.05, 0.1) is 19.3 Å². The molecule has 0 aliphatic rings. The second-order valence-corrected chi connectivity index (χ2v) is 3.83. The highest BCUT2D eigenvalue weighted by Crippen LogP contribution is 2.30. The third-order valence-electron chi connectivity index (χ3n) is 2.77. The van der Waals surface area contributed by atoms with Gasteiger partial charge in [0.25, 0.3) is 0 Å². The molecule has 0 amide bonds. The molecule has 0 fully saturated rings. The molecular weight excluding hydrogens is 240 g/mol. The first kappa shape index (κ1) is 12.5. The molecule has 96 valence electrons. The Labute approximate surface area is 103 Å². The summed E-state index contributed by atoms with van der Waals surface area (Å²) in [4.78, 5) is 0. The van der Waals surface area contributed by atoms with Gasteiger partial charge in [0, 0.05) is 12.6 Å². The molecule has 18 heavy (non-hydrogen) atoms. The zero-order chi connectivity index (χ0) is 13.3. The maximum Gasteiger partial charge on any atom is 0.161 e. The summed E-state index contributed by atoms with van der Waals surface area (Å²) in [6.45, 7) is 0. The van der Waals surface area contributed by atoms with Crippen LogP contribution in [0.2, 0.25) is 0 Å². The van der Waals surface area contributed by atoms with E-state index in [1.807, 2.05) is 0 Å². The maximum absolute atomic E-state index is 13.7. The highest BCUT2D eigenvalue weighted by Gasteiger charge is 2.24. The molecule has 0 saturated carbocycles. The predicted molar refractivity (Wildman–Crippen MR) is 62.1 cm³/mol. The van der Waals surface area contributed by atoms with Crippen molar-refractivity contribution >= 4 is 0 Å². The Kier molecular flexibility index (Phi) is 3.29. The number of nitrogens with two attached hydrogens (primary N) is 1. The van der Waals surface area contributed by atoms with Gasteiger partial charge in [-0.2, -0.15) is 5.10 Å². The molecule has 0 bridgehead atoms. The summed E-state index contributed by atoms with van der Waals surface area (Å²) in [6, 6.07) is 2.65. The van der Waals surface area contributed by atoms with Crippen molar-refractivity contribution in [3.63, 3.8) is 0 Å². The number of halogens is 2. The molecule has 4 nitrogen and oxygen atoms in total. The Morgan fingerprint density at radius 2 is 1.94 bits per heavy atom. The lowest BCUT2D eigenvalue weighted by Crippen LogP contribution is -2.19. The van der Waals surface area contributed by atoms with E-state index >= 15 is 0 Å². The van der Waals surface area contributed by atoms with Crippen LogP contribution >= 0.6 is 0 Å². The highest BCUT2D eigenvalue weighted by atomic mass is 19.1. The summed E-state index contributed by atoms with van der Waals surface area (Å²) in [6.07, 6.45) is 1.45. The van der Waals surface area contributed by atoms with Gasteiger partial charge < -0.3 is 10.5 Å². The fourth-order valence-corrected chi connectivity index (χ4v) is 1.88. The summed E-state index contributed by atoms with van der Waals surface area (Å²) < 4.78 is 33.9. The highest BCUT2D eigenvalue weighted by molar-refractivity contribution is 5.37. The fourth-order valence-electron chi connectivity index (χ4n) is 1.88. The van der Waals surface area contributed by atoms with Crippen LogP contribution in [-0.4, -0.2) is 16.9 Å². The second kappa shape index (κ2) is 4.73. The molecule has 0 saturated heterocycles. The zero-order valence-electron chi connectivity index (χ0n) is 10.0. The molecular formula is C12H13F2N3O. The van der Waals surface area contributed by atoms with Gasteiger partial charge in [0.15, 0.2) is 5.75 Å². The number of aryl methyl sites for hydroxylation is 1. The van der Waals surface area contributed by atoms with Crippen LogP contribution < -0.4 is 10.5 Å². The Hall–Kier alpha value is -1.95. The molecule has 0 radical (unpaired) electrons. The van der Waals surface area contributed by atoms with E-state index in [0.29, 0.717) is 11.4 Å². The van der Waals surface area contributed by atoms with Gasteiger partial charge >= 0.3 is 0 Å². The third kappa shape index (κ3) is 1.95. The van der Waals surface area contributed by atoms with Crippen molar-refractivity contribution in [2.24, 2.45) is 12.8 Å². The molecule has 0 spiro atoms. The van der Waals surface area contributed by atoms with Gasteiger partial charge in [-0.15, -0.1) is 0 Å². The van der Waals surface area contributed by atoms with Crippen molar-refractivity contribution in [1.29, 1.82) is 0 Å². The summed E-state index contributed by atoms with van der Waals surface area (Å²) in [5, 5.41) is 3.96. The first-order valence-corrected chi connectivity index (χ1v) is 5.31. The van der Waals surface area contributed by atoms with Gasteiger partial charge in [0.1, 0.15) is 17.3 Å². The molecule has 1 aromatic carbocycles. The number of ether oxygens (including phenoxy) is 1. The first-order valence-electron chi connectivity index (χ1n) is 5.31. The smallest absolute Gasteiger partial charge is 0.161 e. The lowest BCUT2D eigenvalue weighted by molar-refractivity contribution is 0.404. The van der Waals surface area contributed by atoms with E-state index in [1.54, 1.807) is 7.05 Å². The summed E-state index contributed by atoms with van der Waals surface area (Å²) >= 11 is 0. The molecule has 0 aliphatic carbocycles. The summed E-state index contributed by atoms with van der Waals surface area (Å²) in [7, 11) is 3.08. The molecule has 0 aliphatic heterocycles. The van der Waals surface area contributed by atoms with Crippen LogP contribution in [0.3, 0.4) is 0 Å². The normalized spacial score (nSPS) is 12.5. The van der Waals surface area contributed by atoms with Gasteiger partial charge in [-0.1, -0.05) is 6.07 Å². The molecule has 1 heterocycles. The lowest BCUT2D eigenvalue weighted by Gasteiger charge is -2.15. The Morgan fingerprint density at radius 1 is 1.33 bits per heavy atom. The average Bonchev–Trinajstić information content (AvgIpc) is 2.70. The Morgan fingerprint density at radius 3 is 2.50 bits per heavy atom. The van der Waals surface area contributed by atoms with Crippen LogP contribution in [0.4, 0.5) is 8.78 Å². The number of benzene rings is 1. The first-order chi connectivity index (χ1) is 8.56. The molecule has 1 atom stereocenters. The number of methoxy groups -OCH3 is 1. The van der Waals surface area contributed by atoms with Gasteiger partial charge in [-0.05, 0) is 12.1 Å². The number of nitrogens with zero attached hydrogens (tertiary/aromatic N) is 2. The molecule has 6 heteroatoms. The summed E-state index contributed by atoms with van der Waals surface area (Å²) in [5.41, 5.74) is 6.14. The third-order valence-corrected chi connectivity index (χ3v) is 2.77. The molecule has 1 unspecified atom stereocenters. The van der Waals surface area contributed by atoms with E-state index in [2.05, 4.69) is 5.10 Å². The van der Waals surface area contributed by atoms with Gasteiger partial charge in [-0.3, -0.25) is 4.68 Å². The van der Waals surface area contributed by atoms with Crippen molar-refractivity contribution in [3.8, 4) is 5.75 Å². The van der Waals surface area contributed by atoms with E-state index in [4.69, 9.17) is 10.5 Å². The topological polar surface area (TPSA) is 53.1 Å². The van der Waals surface area contributed by atoms with Crippen molar-refractivity contribution < 1.29 is 13.5 Å². The second-order valence-electron chi connectivity index (χ2n) is 3.83. The lowest BCUT2D eigenvalue weighted by atomic mass is 10.0. The van der Waals surface area contributed by atoms with Crippen molar-refractivity contribution in [3.05, 3.63) is 47.3 Å². The standard InChI is InChI=1S/C12H13F2N3O/c1-17-12(9(18-2)6-16-17)11(15)10-7(13)4-3-5-8(10)14/h3-6,11H,15H2,1-2H3. The largest absolute Gasteiger partial charge is 0.493 e. The minimum atomic E-state index is -0.978. The van der Waals surface area contributed by atoms with Gasteiger partial charge in [-0.25, -0.2) is 8.78 Å². The van der Waals surface area contributed by atoms with Gasteiger partial charge in [0.2, 0.25) is 0 Å². The van der Waals surface area contributed by atoms with E-state index in [0.717, 1.165) is 0 Å². The predicted octanol–water partition coefficient (Wildman–Crippen LogP) is 1.76. The summed E-state index contributed by atoms with van der Waals surface area (Å²) in [5.74, 6) is -0.982. The van der Waals surface area contributed by atoms with Crippen LogP contribution in [0, 0.1) is 11.6 Å². The van der Waals surface area contributed by atoms with Crippen molar-refractivity contribution in [1.82, 2.24) is 9.78 Å². The number of hydrogen-bond donors (Lipinski definition) is 1. The maximum atomic E-state index is 13.7. The average molecular weight is 253 g/mol. The fraction of sp³-hybridized carbons (Fsp3) is 0.250. The monoisotopic (exact) mass is 253 g/mol. The van der Waals surface area contributed by atoms with Crippen molar-refractivity contribution in [2.75, 3.05) is 7.11 Å². The van der Waals surface area contributed by atoms with Crippen LogP contribution in [0.15, 0.2) is 24.4 Å². The van der Waals surface area contributed by atoms with Crippen molar-refractivity contribution in [2.45, 2.75) is 6.04 Å². The molecule has 2 N–H and O–H groups in total. The number of rotatable bonds is 3. The quantitative estimate of drug-likeness (QED) is 0.906. The van der Waals surface area contributed by atoms with Crippen LogP contribution in [0.1, 0.15) is 17.3 Å². The minimum Gasteiger partial charge on any atom is -0.493 e. The molecule has 1 aromatic heterocycles. The van der Waals surface area contributed by atoms with Crippen LogP contribution in [0.5, 0.6) is 5.75 Å². The Bertz CT molecular complexity index is 548. The number of aromatic nitrogens is 2. The van der Waals surface area contributed by atoms with E-state index in [-0.39, 0.29) is 5.56 Å². The number of hydrogen-bond acceptors (Lipinski definition) is 3. The zero-order valence-corrected chi connectivity index (χ0v) is 10.0.